The first kappa shape index (κ1) is 19.4. The first-order chi connectivity index (χ1) is 14.5. The molecule has 0 fully saturated rings. The highest BCUT2D eigenvalue weighted by molar-refractivity contribution is 5.87. The molecule has 152 valence electrons. The molecule has 1 amide bonds. The molecule has 3 aromatic heterocycles. The number of aromatic nitrogens is 5. The van der Waals surface area contributed by atoms with Crippen LogP contribution in [0, 0.1) is 6.92 Å². The first-order valence-corrected chi connectivity index (χ1v) is 9.50. The first-order valence-electron chi connectivity index (χ1n) is 9.50. The Bertz CT molecular complexity index is 1240. The largest absolute Gasteiger partial charge is 0.437 e. The van der Waals surface area contributed by atoms with Crippen molar-refractivity contribution in [1.82, 2.24) is 29.7 Å². The van der Waals surface area contributed by atoms with Crippen LogP contribution in [-0.2, 0) is 11.8 Å². The van der Waals surface area contributed by atoms with E-state index in [1.54, 1.807) is 21.6 Å². The monoisotopic (exact) mass is 402 g/mol. The summed E-state index contributed by atoms with van der Waals surface area (Å²) in [5, 5.41) is 11.4. The van der Waals surface area contributed by atoms with Gasteiger partial charge in [-0.25, -0.2) is 9.50 Å². The van der Waals surface area contributed by atoms with Crippen LogP contribution in [-0.4, -0.2) is 30.3 Å². The topological polar surface area (TPSA) is 86.3 Å². The normalized spacial score (nSPS) is 12.0. The van der Waals surface area contributed by atoms with Crippen molar-refractivity contribution >= 4 is 11.4 Å². The van der Waals surface area contributed by atoms with Gasteiger partial charge >= 0.3 is 0 Å². The fourth-order valence-corrected chi connectivity index (χ4v) is 3.33. The van der Waals surface area contributed by atoms with Gasteiger partial charge in [-0.2, -0.15) is 10.2 Å². The van der Waals surface area contributed by atoms with Gasteiger partial charge < -0.3 is 10.1 Å². The second-order valence-electron chi connectivity index (χ2n) is 7.00. The summed E-state index contributed by atoms with van der Waals surface area (Å²) in [6.07, 6.45) is 8.44. The molecule has 0 spiro atoms. The zero-order valence-corrected chi connectivity index (χ0v) is 17.0. The molecule has 0 aliphatic heterocycles. The average Bonchev–Trinajstić information content (AvgIpc) is 3.38. The quantitative estimate of drug-likeness (QED) is 0.498. The number of carbonyl (C=O) groups excluding carboxylic acids is 1. The SMILES string of the molecule is C=CC(=O)NC(C)c1cccc(Oc2nc(-c3cnn(C)c3)cn3nccc23)c1C. The van der Waals surface area contributed by atoms with Crippen LogP contribution in [0.2, 0.25) is 0 Å². The number of benzene rings is 1. The fraction of sp³-hybridized carbons (Fsp3) is 0.182. The smallest absolute Gasteiger partial charge is 0.246 e. The molecule has 0 aliphatic carbocycles. The van der Waals surface area contributed by atoms with Crippen molar-refractivity contribution in [2.24, 2.45) is 7.05 Å². The standard InChI is InChI=1S/C22H22N6O2/c1-5-21(29)25-15(3)17-7-6-8-20(14(17)2)30-22-19-9-10-23-28(19)13-18(26-22)16-11-24-27(4)12-16/h5-13,15H,1H2,2-4H3,(H,25,29). The molecule has 8 nitrogen and oxygen atoms in total. The van der Waals surface area contributed by atoms with Crippen molar-refractivity contribution in [1.29, 1.82) is 0 Å². The van der Waals surface area contributed by atoms with Crippen molar-refractivity contribution in [3.8, 4) is 22.9 Å². The van der Waals surface area contributed by atoms with Crippen LogP contribution in [0.15, 0.2) is 61.7 Å². The lowest BCUT2D eigenvalue weighted by atomic mass is 10.0. The van der Waals surface area contributed by atoms with Gasteiger partial charge in [-0.05, 0) is 43.2 Å². The molecule has 8 heteroatoms. The molecule has 1 unspecified atom stereocenters. The maximum atomic E-state index is 11.7. The average molecular weight is 402 g/mol. The lowest BCUT2D eigenvalue weighted by Gasteiger charge is -2.18. The second-order valence-corrected chi connectivity index (χ2v) is 7.00. The highest BCUT2D eigenvalue weighted by Gasteiger charge is 2.16. The number of rotatable bonds is 6. The Morgan fingerprint density at radius 3 is 2.83 bits per heavy atom. The molecule has 4 rings (SSSR count). The zero-order valence-electron chi connectivity index (χ0n) is 17.0. The summed E-state index contributed by atoms with van der Waals surface area (Å²) in [7, 11) is 1.86. The van der Waals surface area contributed by atoms with Crippen LogP contribution < -0.4 is 10.1 Å². The van der Waals surface area contributed by atoms with Crippen LogP contribution >= 0.6 is 0 Å². The molecule has 1 N–H and O–H groups in total. The van der Waals surface area contributed by atoms with E-state index in [1.807, 2.05) is 57.6 Å². The number of amides is 1. The zero-order chi connectivity index (χ0) is 21.3. The van der Waals surface area contributed by atoms with E-state index in [0.717, 1.165) is 22.2 Å². The molecule has 0 bridgehead atoms. The Hall–Kier alpha value is -3.94. The summed E-state index contributed by atoms with van der Waals surface area (Å²) >= 11 is 0. The number of aryl methyl sites for hydroxylation is 1. The highest BCUT2D eigenvalue weighted by Crippen LogP contribution is 2.32. The van der Waals surface area contributed by atoms with Gasteiger partial charge in [0.25, 0.3) is 0 Å². The van der Waals surface area contributed by atoms with Crippen LogP contribution in [0.25, 0.3) is 16.8 Å². The van der Waals surface area contributed by atoms with Gasteiger partial charge in [0, 0.05) is 18.8 Å². The van der Waals surface area contributed by atoms with E-state index < -0.39 is 0 Å². The fourth-order valence-electron chi connectivity index (χ4n) is 3.33. The van der Waals surface area contributed by atoms with Gasteiger partial charge in [0.15, 0.2) is 0 Å². The third-order valence-electron chi connectivity index (χ3n) is 4.90. The minimum atomic E-state index is -0.222. The summed E-state index contributed by atoms with van der Waals surface area (Å²) < 4.78 is 9.69. The number of fused-ring (bicyclic) bond motifs is 1. The van der Waals surface area contributed by atoms with Crippen LogP contribution in [0.1, 0.15) is 24.1 Å². The number of nitrogens with one attached hydrogen (secondary N) is 1. The van der Waals surface area contributed by atoms with E-state index in [-0.39, 0.29) is 11.9 Å². The predicted molar refractivity (Wildman–Crippen MR) is 113 cm³/mol. The summed E-state index contributed by atoms with van der Waals surface area (Å²) in [4.78, 5) is 16.4. The van der Waals surface area contributed by atoms with Gasteiger partial charge in [-0.3, -0.25) is 9.48 Å². The van der Waals surface area contributed by atoms with Crippen LogP contribution in [0.4, 0.5) is 0 Å². The highest BCUT2D eigenvalue weighted by atomic mass is 16.5. The summed E-state index contributed by atoms with van der Waals surface area (Å²) in [6, 6.07) is 7.40. The number of hydrogen-bond donors (Lipinski definition) is 1. The maximum absolute atomic E-state index is 11.7. The van der Waals surface area contributed by atoms with E-state index in [2.05, 4.69) is 22.1 Å². The number of hydrogen-bond acceptors (Lipinski definition) is 5. The van der Waals surface area contributed by atoms with Gasteiger partial charge in [0.2, 0.25) is 11.8 Å². The van der Waals surface area contributed by atoms with Crippen molar-refractivity contribution in [2.45, 2.75) is 19.9 Å². The number of ether oxygens (including phenoxy) is 1. The Morgan fingerprint density at radius 2 is 2.10 bits per heavy atom. The van der Waals surface area contributed by atoms with E-state index in [4.69, 9.17) is 9.72 Å². The Morgan fingerprint density at radius 1 is 1.27 bits per heavy atom. The molecule has 1 atom stereocenters. The van der Waals surface area contributed by atoms with Gasteiger partial charge in [0.1, 0.15) is 11.3 Å². The molecule has 0 aliphatic rings. The van der Waals surface area contributed by atoms with E-state index in [1.165, 1.54) is 6.08 Å². The third kappa shape index (κ3) is 3.67. The minimum absolute atomic E-state index is 0.191. The van der Waals surface area contributed by atoms with Crippen molar-refractivity contribution in [2.75, 3.05) is 0 Å². The minimum Gasteiger partial charge on any atom is -0.437 e. The number of nitrogens with zero attached hydrogens (tertiary/aromatic N) is 5. The maximum Gasteiger partial charge on any atom is 0.246 e. The van der Waals surface area contributed by atoms with Gasteiger partial charge in [-0.1, -0.05) is 18.7 Å². The third-order valence-corrected chi connectivity index (χ3v) is 4.90. The van der Waals surface area contributed by atoms with Crippen LogP contribution in [0.3, 0.4) is 0 Å². The summed E-state index contributed by atoms with van der Waals surface area (Å²) in [5.74, 6) is 0.878. The molecule has 1 aromatic carbocycles. The Labute approximate surface area is 173 Å². The Balaban J connectivity index is 1.72. The number of carbonyl (C=O) groups is 1. The van der Waals surface area contributed by atoms with E-state index >= 15 is 0 Å². The van der Waals surface area contributed by atoms with E-state index in [9.17, 15) is 4.79 Å². The molecule has 0 saturated carbocycles. The lowest BCUT2D eigenvalue weighted by Crippen LogP contribution is -2.25. The molecular formula is C22H22N6O2. The molecule has 30 heavy (non-hydrogen) atoms. The molecular weight excluding hydrogens is 380 g/mol. The van der Waals surface area contributed by atoms with Gasteiger partial charge in [0.05, 0.1) is 30.3 Å². The molecule has 4 aromatic rings. The Kier molecular flexibility index (Phi) is 5.05. The van der Waals surface area contributed by atoms with E-state index in [0.29, 0.717) is 17.3 Å². The van der Waals surface area contributed by atoms with Crippen molar-refractivity contribution in [3.05, 3.63) is 72.8 Å². The molecule has 0 saturated heterocycles. The summed E-state index contributed by atoms with van der Waals surface area (Å²) in [5.41, 5.74) is 4.19. The van der Waals surface area contributed by atoms with Gasteiger partial charge in [-0.15, -0.1) is 0 Å². The molecule has 0 radical (unpaired) electrons. The second kappa shape index (κ2) is 7.82. The summed E-state index contributed by atoms with van der Waals surface area (Å²) in [6.45, 7) is 7.38. The molecule has 3 heterocycles. The van der Waals surface area contributed by atoms with Crippen LogP contribution in [0.5, 0.6) is 11.6 Å². The lowest BCUT2D eigenvalue weighted by molar-refractivity contribution is -0.117. The predicted octanol–water partition coefficient (Wildman–Crippen LogP) is 3.59. The van der Waals surface area contributed by atoms with Crippen molar-refractivity contribution in [3.63, 3.8) is 0 Å². The van der Waals surface area contributed by atoms with Crippen molar-refractivity contribution < 1.29 is 9.53 Å².